The Morgan fingerprint density at radius 3 is 2.39 bits per heavy atom. The monoisotopic (exact) mass is 333 g/mol. The molecule has 0 saturated heterocycles. The number of hydrogen-bond donors (Lipinski definition) is 0. The molecule has 0 aliphatic carbocycles. The van der Waals surface area contributed by atoms with E-state index >= 15 is 0 Å². The molecule has 0 saturated carbocycles. The summed E-state index contributed by atoms with van der Waals surface area (Å²) in [5.41, 5.74) is 0.943. The molecule has 0 aromatic heterocycles. The molecule has 5 heteroatoms. The van der Waals surface area contributed by atoms with Crippen LogP contribution < -0.4 is 0 Å². The average Bonchev–Trinajstić information content (AvgIpc) is 2.46. The highest BCUT2D eigenvalue weighted by molar-refractivity contribution is 7.90. The van der Waals surface area contributed by atoms with E-state index in [0.29, 0.717) is 6.54 Å². The topological polar surface area (TPSA) is 54.5 Å². The summed E-state index contributed by atoms with van der Waals surface area (Å²) >= 11 is 0. The third-order valence-corrected chi connectivity index (χ3v) is 4.99. The molecule has 0 bridgehead atoms. The highest BCUT2D eigenvalue weighted by Crippen LogP contribution is 2.17. The number of fused-ring (bicyclic) bond motifs is 1. The quantitative estimate of drug-likeness (QED) is 0.817. The maximum absolute atomic E-state index is 12.5. The molecule has 0 aliphatic rings. The maximum atomic E-state index is 12.5. The van der Waals surface area contributed by atoms with Crippen LogP contribution in [0.4, 0.5) is 0 Å². The van der Waals surface area contributed by atoms with E-state index in [1.807, 2.05) is 49.4 Å². The van der Waals surface area contributed by atoms with Gasteiger partial charge in [-0.1, -0.05) is 42.5 Å². The van der Waals surface area contributed by atoms with E-state index in [1.54, 1.807) is 11.8 Å². The van der Waals surface area contributed by atoms with Crippen LogP contribution in [0.25, 0.3) is 10.8 Å². The summed E-state index contributed by atoms with van der Waals surface area (Å²) in [4.78, 5) is 14.2. The molecule has 0 aliphatic heterocycles. The van der Waals surface area contributed by atoms with Crippen LogP contribution in [0.1, 0.15) is 19.4 Å². The summed E-state index contributed by atoms with van der Waals surface area (Å²) in [7, 11) is -3.11. The SMILES string of the molecule is CCN(C(=O)Cc1ccc2ccccc2c1)C(C)CS(C)(=O)=O. The van der Waals surface area contributed by atoms with Crippen molar-refractivity contribution in [2.45, 2.75) is 26.3 Å². The van der Waals surface area contributed by atoms with Crippen LogP contribution in [0.2, 0.25) is 0 Å². The van der Waals surface area contributed by atoms with Crippen LogP contribution in [-0.2, 0) is 21.1 Å². The number of carbonyl (C=O) groups is 1. The number of amides is 1. The first-order valence-corrected chi connectivity index (χ1v) is 9.81. The fourth-order valence-electron chi connectivity index (χ4n) is 2.89. The summed E-state index contributed by atoms with van der Waals surface area (Å²) in [6.07, 6.45) is 1.48. The van der Waals surface area contributed by atoms with Crippen molar-refractivity contribution < 1.29 is 13.2 Å². The third-order valence-electron chi connectivity index (χ3n) is 3.91. The van der Waals surface area contributed by atoms with Gasteiger partial charge in [0.25, 0.3) is 0 Å². The Kier molecular flexibility index (Phi) is 5.42. The molecule has 1 unspecified atom stereocenters. The number of hydrogen-bond acceptors (Lipinski definition) is 3. The molecular formula is C18H23NO3S. The zero-order valence-corrected chi connectivity index (χ0v) is 14.6. The van der Waals surface area contributed by atoms with Gasteiger partial charge in [-0.05, 0) is 30.2 Å². The Labute approximate surface area is 138 Å². The number of rotatable bonds is 6. The Bertz CT molecular complexity index is 799. The Morgan fingerprint density at radius 2 is 1.78 bits per heavy atom. The molecule has 1 atom stereocenters. The first-order valence-electron chi connectivity index (χ1n) is 7.75. The first kappa shape index (κ1) is 17.5. The van der Waals surface area contributed by atoms with Crippen molar-refractivity contribution in [2.24, 2.45) is 0 Å². The average molecular weight is 333 g/mol. The van der Waals surface area contributed by atoms with Crippen LogP contribution in [0, 0.1) is 0 Å². The minimum Gasteiger partial charge on any atom is -0.339 e. The maximum Gasteiger partial charge on any atom is 0.227 e. The Hall–Kier alpha value is -1.88. The normalized spacial score (nSPS) is 13.0. The predicted octanol–water partition coefficient (Wildman–Crippen LogP) is 2.66. The smallest absolute Gasteiger partial charge is 0.227 e. The lowest BCUT2D eigenvalue weighted by Crippen LogP contribution is -2.42. The number of sulfone groups is 1. The van der Waals surface area contributed by atoms with E-state index in [2.05, 4.69) is 0 Å². The van der Waals surface area contributed by atoms with Crippen LogP contribution in [0.15, 0.2) is 42.5 Å². The van der Waals surface area contributed by atoms with Gasteiger partial charge in [0.1, 0.15) is 9.84 Å². The van der Waals surface area contributed by atoms with Gasteiger partial charge < -0.3 is 4.90 Å². The van der Waals surface area contributed by atoms with Crippen LogP contribution in [0.3, 0.4) is 0 Å². The fraction of sp³-hybridized carbons (Fsp3) is 0.389. The largest absolute Gasteiger partial charge is 0.339 e. The third kappa shape index (κ3) is 4.79. The molecule has 23 heavy (non-hydrogen) atoms. The minimum absolute atomic E-state index is 0.00962. The van der Waals surface area contributed by atoms with Gasteiger partial charge in [-0.15, -0.1) is 0 Å². The second kappa shape index (κ2) is 7.13. The van der Waals surface area contributed by atoms with Gasteiger partial charge in [0.15, 0.2) is 0 Å². The van der Waals surface area contributed by atoms with Crippen molar-refractivity contribution in [1.29, 1.82) is 0 Å². The predicted molar refractivity (Wildman–Crippen MR) is 94.2 cm³/mol. The zero-order chi connectivity index (χ0) is 17.0. The van der Waals surface area contributed by atoms with Gasteiger partial charge in [0.05, 0.1) is 12.2 Å². The molecule has 4 nitrogen and oxygen atoms in total. The molecule has 0 radical (unpaired) electrons. The van der Waals surface area contributed by atoms with Gasteiger partial charge >= 0.3 is 0 Å². The van der Waals surface area contributed by atoms with Gasteiger partial charge in [0.2, 0.25) is 5.91 Å². The lowest BCUT2D eigenvalue weighted by molar-refractivity contribution is -0.131. The molecule has 124 valence electrons. The van der Waals surface area contributed by atoms with E-state index in [0.717, 1.165) is 16.3 Å². The summed E-state index contributed by atoms with van der Waals surface area (Å²) in [6.45, 7) is 4.16. The molecule has 0 spiro atoms. The van der Waals surface area contributed by atoms with Gasteiger partial charge in [-0.25, -0.2) is 8.42 Å². The van der Waals surface area contributed by atoms with Crippen molar-refractivity contribution >= 4 is 26.5 Å². The number of carbonyl (C=O) groups excluding carboxylic acids is 1. The number of nitrogens with zero attached hydrogens (tertiary/aromatic N) is 1. The zero-order valence-electron chi connectivity index (χ0n) is 13.8. The van der Waals surface area contributed by atoms with E-state index in [9.17, 15) is 13.2 Å². The summed E-state index contributed by atoms with van der Waals surface area (Å²) in [5, 5.41) is 2.24. The first-order chi connectivity index (χ1) is 10.8. The van der Waals surface area contributed by atoms with Crippen molar-refractivity contribution in [3.05, 3.63) is 48.0 Å². The van der Waals surface area contributed by atoms with Crippen LogP contribution in [-0.4, -0.2) is 43.8 Å². The van der Waals surface area contributed by atoms with E-state index in [-0.39, 0.29) is 24.1 Å². The number of likely N-dealkylation sites (N-methyl/N-ethyl adjacent to an activating group) is 1. The molecule has 2 rings (SSSR count). The summed E-state index contributed by atoms with van der Waals surface area (Å²) in [6, 6.07) is 13.7. The second-order valence-corrected chi connectivity index (χ2v) is 8.16. The summed E-state index contributed by atoms with van der Waals surface area (Å²) in [5.74, 6) is -0.0523. The van der Waals surface area contributed by atoms with E-state index in [1.165, 1.54) is 6.26 Å². The molecule has 0 heterocycles. The van der Waals surface area contributed by atoms with Crippen molar-refractivity contribution in [1.82, 2.24) is 4.90 Å². The molecule has 2 aromatic carbocycles. The minimum atomic E-state index is -3.11. The lowest BCUT2D eigenvalue weighted by atomic mass is 10.0. The van der Waals surface area contributed by atoms with Crippen molar-refractivity contribution in [3.8, 4) is 0 Å². The van der Waals surface area contributed by atoms with Gasteiger partial charge in [0, 0.05) is 18.8 Å². The van der Waals surface area contributed by atoms with Gasteiger partial charge in [-0.3, -0.25) is 4.79 Å². The fourth-order valence-corrected chi connectivity index (χ4v) is 3.94. The summed E-state index contributed by atoms with van der Waals surface area (Å²) < 4.78 is 22.9. The van der Waals surface area contributed by atoms with E-state index < -0.39 is 9.84 Å². The Balaban J connectivity index is 2.14. The standard InChI is InChI=1S/C18H23NO3S/c1-4-19(14(2)13-23(3,21)22)18(20)12-15-9-10-16-7-5-6-8-17(16)11-15/h5-11,14H,4,12-13H2,1-3H3. The molecule has 1 amide bonds. The lowest BCUT2D eigenvalue weighted by Gasteiger charge is -2.27. The molecule has 0 N–H and O–H groups in total. The highest BCUT2D eigenvalue weighted by Gasteiger charge is 2.22. The molecular weight excluding hydrogens is 310 g/mol. The van der Waals surface area contributed by atoms with Crippen molar-refractivity contribution in [2.75, 3.05) is 18.6 Å². The van der Waals surface area contributed by atoms with Crippen LogP contribution >= 0.6 is 0 Å². The van der Waals surface area contributed by atoms with E-state index in [4.69, 9.17) is 0 Å². The Morgan fingerprint density at radius 1 is 1.13 bits per heavy atom. The molecule has 0 fully saturated rings. The highest BCUT2D eigenvalue weighted by atomic mass is 32.2. The molecule has 2 aromatic rings. The van der Waals surface area contributed by atoms with Crippen LogP contribution in [0.5, 0.6) is 0 Å². The van der Waals surface area contributed by atoms with Crippen molar-refractivity contribution in [3.63, 3.8) is 0 Å². The second-order valence-electron chi connectivity index (χ2n) is 5.98. The number of benzene rings is 2. The van der Waals surface area contributed by atoms with Gasteiger partial charge in [-0.2, -0.15) is 0 Å².